The topological polar surface area (TPSA) is 139 Å². The Bertz CT molecular complexity index is 588. The second-order valence-corrected chi connectivity index (χ2v) is 4.85. The molecule has 1 rings (SSSR count). The highest BCUT2D eigenvalue weighted by Crippen LogP contribution is 2.15. The smallest absolute Gasteiger partial charge is 0.475 e. The summed E-state index contributed by atoms with van der Waals surface area (Å²) in [7, 11) is 0. The Balaban J connectivity index is 0.000000697. The van der Waals surface area contributed by atoms with E-state index < -0.39 is 24.3 Å². The number of benzene rings is 1. The maximum atomic E-state index is 10.7. The minimum Gasteiger partial charge on any atom is -0.475 e. The van der Waals surface area contributed by atoms with Gasteiger partial charge in [-0.2, -0.15) is 18.4 Å². The molecule has 0 aliphatic carbocycles. The van der Waals surface area contributed by atoms with Crippen LogP contribution in [-0.4, -0.2) is 36.0 Å². The van der Waals surface area contributed by atoms with E-state index >= 15 is 0 Å². The summed E-state index contributed by atoms with van der Waals surface area (Å²) < 4.78 is 36.6. The number of nitriles is 1. The van der Waals surface area contributed by atoms with Gasteiger partial charge < -0.3 is 21.3 Å². The fourth-order valence-electron chi connectivity index (χ4n) is 1.75. The van der Waals surface area contributed by atoms with E-state index in [-0.39, 0.29) is 12.5 Å². The summed E-state index contributed by atoms with van der Waals surface area (Å²) in [6, 6.07) is 11.9. The van der Waals surface area contributed by atoms with Crippen molar-refractivity contribution < 1.29 is 32.6 Å². The van der Waals surface area contributed by atoms with Crippen LogP contribution in [0.25, 0.3) is 0 Å². The number of nitrogens with zero attached hydrogens (tertiary/aromatic N) is 1. The normalized spacial score (nSPS) is 12.8. The number of nitrogens with two attached hydrogens (primary N) is 2. The molecule has 7 nitrogen and oxygen atoms in total. The van der Waals surface area contributed by atoms with E-state index in [1.807, 2.05) is 30.3 Å². The number of halogens is 3. The van der Waals surface area contributed by atoms with E-state index in [1.54, 1.807) is 0 Å². The number of rotatable bonds is 6. The van der Waals surface area contributed by atoms with Gasteiger partial charge in [-0.1, -0.05) is 30.3 Å². The molecular weight excluding hydrogens is 343 g/mol. The van der Waals surface area contributed by atoms with Crippen LogP contribution in [0.4, 0.5) is 18.0 Å². The maximum absolute atomic E-state index is 10.7. The van der Waals surface area contributed by atoms with Crippen LogP contribution in [0.3, 0.4) is 0 Å². The van der Waals surface area contributed by atoms with Gasteiger partial charge in [-0.25, -0.2) is 9.59 Å². The highest BCUT2D eigenvalue weighted by atomic mass is 19.4. The third-order valence-electron chi connectivity index (χ3n) is 2.84. The number of carbonyl (C=O) groups excluding carboxylic acids is 1. The number of primary amides is 1. The zero-order chi connectivity index (χ0) is 19.5. The standard InChI is InChI=1S/C13H17N3O2.C2HF3O2/c14-8-11(6-10-4-2-1-3-5-10)7-12(9-15)18-13(16)17;3-2(4,5)1(6)7/h1-5,11-12H,6-7,9,15H2,(H2,16,17);(H,6,7). The first-order chi connectivity index (χ1) is 11.6. The average molecular weight is 361 g/mol. The van der Waals surface area contributed by atoms with E-state index in [2.05, 4.69) is 6.07 Å². The van der Waals surface area contributed by atoms with Gasteiger partial charge in [0.15, 0.2) is 0 Å². The molecule has 0 heterocycles. The molecule has 1 aromatic rings. The molecule has 0 aliphatic heterocycles. The lowest BCUT2D eigenvalue weighted by Crippen LogP contribution is -2.31. The number of carboxylic acids is 1. The monoisotopic (exact) mass is 361 g/mol. The second-order valence-electron chi connectivity index (χ2n) is 4.85. The van der Waals surface area contributed by atoms with Crippen molar-refractivity contribution in [1.82, 2.24) is 0 Å². The predicted octanol–water partition coefficient (Wildman–Crippen LogP) is 1.81. The molecule has 1 aromatic carbocycles. The van der Waals surface area contributed by atoms with E-state index in [0.29, 0.717) is 12.8 Å². The van der Waals surface area contributed by atoms with Gasteiger partial charge in [0.25, 0.3) is 0 Å². The van der Waals surface area contributed by atoms with Crippen LogP contribution in [0.2, 0.25) is 0 Å². The Hall–Kier alpha value is -2.80. The molecule has 2 atom stereocenters. The molecule has 0 spiro atoms. The molecule has 0 aliphatic rings. The minimum absolute atomic E-state index is 0.163. The Morgan fingerprint density at radius 3 is 2.16 bits per heavy atom. The molecular formula is C15H18F3N3O4. The van der Waals surface area contributed by atoms with Crippen LogP contribution in [0.1, 0.15) is 12.0 Å². The van der Waals surface area contributed by atoms with Gasteiger partial charge >= 0.3 is 18.2 Å². The molecule has 0 aromatic heterocycles. The summed E-state index contributed by atoms with van der Waals surface area (Å²) in [5.74, 6) is -3.01. The Morgan fingerprint density at radius 1 is 1.28 bits per heavy atom. The van der Waals surface area contributed by atoms with Gasteiger partial charge in [0.1, 0.15) is 6.10 Å². The van der Waals surface area contributed by atoms with Gasteiger partial charge in [0.05, 0.1) is 12.0 Å². The number of hydrogen-bond donors (Lipinski definition) is 3. The first kappa shape index (κ1) is 22.2. The summed E-state index contributed by atoms with van der Waals surface area (Å²) in [6.45, 7) is 0.163. The third-order valence-corrected chi connectivity index (χ3v) is 2.84. The number of carboxylic acid groups (broad SMARTS) is 1. The molecule has 0 radical (unpaired) electrons. The fraction of sp³-hybridized carbons (Fsp3) is 0.400. The van der Waals surface area contributed by atoms with E-state index in [9.17, 15) is 18.0 Å². The Morgan fingerprint density at radius 2 is 1.80 bits per heavy atom. The van der Waals surface area contributed by atoms with Gasteiger partial charge in [-0.15, -0.1) is 0 Å². The molecule has 1 amide bonds. The number of aliphatic carboxylic acids is 1. The van der Waals surface area contributed by atoms with Crippen molar-refractivity contribution in [2.45, 2.75) is 25.1 Å². The largest absolute Gasteiger partial charge is 0.490 e. The van der Waals surface area contributed by atoms with Crippen molar-refractivity contribution in [2.24, 2.45) is 17.4 Å². The van der Waals surface area contributed by atoms with Crippen LogP contribution >= 0.6 is 0 Å². The first-order valence-corrected chi connectivity index (χ1v) is 7.00. The summed E-state index contributed by atoms with van der Waals surface area (Å²) in [5.41, 5.74) is 11.5. The van der Waals surface area contributed by atoms with E-state index in [4.69, 9.17) is 31.4 Å². The molecule has 0 saturated carbocycles. The molecule has 0 fully saturated rings. The van der Waals surface area contributed by atoms with Gasteiger partial charge in [-0.3, -0.25) is 0 Å². The molecule has 0 saturated heterocycles. The van der Waals surface area contributed by atoms with Crippen LogP contribution in [-0.2, 0) is 16.0 Å². The van der Waals surface area contributed by atoms with Crippen molar-refractivity contribution in [3.05, 3.63) is 35.9 Å². The molecule has 10 heteroatoms. The zero-order valence-corrected chi connectivity index (χ0v) is 13.1. The SMILES string of the molecule is N#CC(Cc1ccccc1)CC(CN)OC(N)=O.O=C(O)C(F)(F)F. The van der Waals surface area contributed by atoms with Gasteiger partial charge in [-0.05, 0) is 12.0 Å². The van der Waals surface area contributed by atoms with Gasteiger partial charge in [0.2, 0.25) is 0 Å². The summed E-state index contributed by atoms with van der Waals surface area (Å²) in [4.78, 5) is 19.6. The minimum atomic E-state index is -5.08. The average Bonchev–Trinajstić information content (AvgIpc) is 2.53. The van der Waals surface area contributed by atoms with Crippen LogP contribution < -0.4 is 11.5 Å². The van der Waals surface area contributed by atoms with E-state index in [1.165, 1.54) is 0 Å². The molecule has 25 heavy (non-hydrogen) atoms. The second kappa shape index (κ2) is 10.9. The third kappa shape index (κ3) is 10.6. The number of alkyl halides is 3. The van der Waals surface area contributed by atoms with Crippen molar-refractivity contribution in [2.75, 3.05) is 6.54 Å². The van der Waals surface area contributed by atoms with Crippen molar-refractivity contribution in [3.63, 3.8) is 0 Å². The molecule has 5 N–H and O–H groups in total. The number of amides is 1. The van der Waals surface area contributed by atoms with Crippen LogP contribution in [0.15, 0.2) is 30.3 Å². The summed E-state index contributed by atoms with van der Waals surface area (Å²) in [5, 5.41) is 16.2. The first-order valence-electron chi connectivity index (χ1n) is 7.00. The quantitative estimate of drug-likeness (QED) is 0.706. The lowest BCUT2D eigenvalue weighted by molar-refractivity contribution is -0.192. The lowest BCUT2D eigenvalue weighted by Gasteiger charge is -2.17. The van der Waals surface area contributed by atoms with Crippen molar-refractivity contribution in [3.8, 4) is 6.07 Å². The molecule has 138 valence electrons. The number of hydrogen-bond acceptors (Lipinski definition) is 5. The lowest BCUT2D eigenvalue weighted by atomic mass is 9.95. The maximum Gasteiger partial charge on any atom is 0.490 e. The summed E-state index contributed by atoms with van der Waals surface area (Å²) in [6.07, 6.45) is -5.45. The fourth-order valence-corrected chi connectivity index (χ4v) is 1.75. The van der Waals surface area contributed by atoms with Crippen LogP contribution in [0.5, 0.6) is 0 Å². The predicted molar refractivity (Wildman–Crippen MR) is 81.1 cm³/mol. The van der Waals surface area contributed by atoms with Crippen LogP contribution in [0, 0.1) is 17.2 Å². The molecule has 0 bridgehead atoms. The highest BCUT2D eigenvalue weighted by Gasteiger charge is 2.38. The van der Waals surface area contributed by atoms with E-state index in [0.717, 1.165) is 5.56 Å². The Kier molecular flexibility index (Phi) is 9.66. The summed E-state index contributed by atoms with van der Waals surface area (Å²) >= 11 is 0. The highest BCUT2D eigenvalue weighted by molar-refractivity contribution is 5.73. The number of carbonyl (C=O) groups is 2. The molecule has 2 unspecified atom stereocenters. The Labute approximate surface area is 142 Å². The zero-order valence-electron chi connectivity index (χ0n) is 13.1. The van der Waals surface area contributed by atoms with Crippen molar-refractivity contribution >= 4 is 12.1 Å². The van der Waals surface area contributed by atoms with Gasteiger partial charge in [0, 0.05) is 13.0 Å². The van der Waals surface area contributed by atoms with Crippen molar-refractivity contribution in [1.29, 1.82) is 5.26 Å². The number of ether oxygens (including phenoxy) is 1.